The van der Waals surface area contributed by atoms with Crippen LogP contribution in [0.15, 0.2) is 29.1 Å². The van der Waals surface area contributed by atoms with Gasteiger partial charge in [0.25, 0.3) is 5.56 Å². The van der Waals surface area contributed by atoms with E-state index in [0.29, 0.717) is 5.39 Å². The van der Waals surface area contributed by atoms with E-state index in [1.165, 1.54) is 0 Å². The van der Waals surface area contributed by atoms with Gasteiger partial charge in [-0.15, -0.1) is 0 Å². The normalized spacial score (nSPS) is 16.2. The lowest BCUT2D eigenvalue weighted by Gasteiger charge is -2.29. The van der Waals surface area contributed by atoms with Gasteiger partial charge in [0.15, 0.2) is 0 Å². The van der Waals surface area contributed by atoms with Gasteiger partial charge < -0.3 is 10.2 Å². The van der Waals surface area contributed by atoms with Gasteiger partial charge in [0.05, 0.1) is 10.9 Å². The Morgan fingerprint density at radius 2 is 1.94 bits per heavy atom. The molecule has 1 saturated heterocycles. The van der Waals surface area contributed by atoms with Crippen molar-refractivity contribution in [2.45, 2.75) is 0 Å². The van der Waals surface area contributed by atoms with E-state index in [-0.39, 0.29) is 5.56 Å². The van der Waals surface area contributed by atoms with Crippen molar-refractivity contribution >= 4 is 16.9 Å². The Kier molecular flexibility index (Phi) is 2.76. The van der Waals surface area contributed by atoms with E-state index in [4.69, 9.17) is 0 Å². The molecule has 3 rings (SSSR count). The lowest BCUT2D eigenvalue weighted by molar-refractivity contribution is 0.570. The molecule has 0 amide bonds. The molecule has 1 aliphatic rings. The van der Waals surface area contributed by atoms with Crippen LogP contribution in [0.25, 0.3) is 10.9 Å². The first-order valence-electron chi connectivity index (χ1n) is 6.19. The minimum atomic E-state index is 0.0223. The molecular formula is C13H16N4O. The summed E-state index contributed by atoms with van der Waals surface area (Å²) in [5.74, 6) is 0.764. The predicted octanol–water partition coefficient (Wildman–Crippen LogP) is 0.343. The Labute approximate surface area is 105 Å². The molecule has 94 valence electrons. The van der Waals surface area contributed by atoms with Crippen molar-refractivity contribution in [2.24, 2.45) is 7.05 Å². The smallest absolute Gasteiger partial charge is 0.262 e. The number of hydrogen-bond acceptors (Lipinski definition) is 4. The molecule has 2 heterocycles. The summed E-state index contributed by atoms with van der Waals surface area (Å²) < 4.78 is 1.65. The average Bonchev–Trinajstić information content (AvgIpc) is 2.44. The molecule has 0 aliphatic carbocycles. The number of aromatic nitrogens is 2. The molecule has 0 bridgehead atoms. The molecule has 5 nitrogen and oxygen atoms in total. The zero-order chi connectivity index (χ0) is 12.5. The van der Waals surface area contributed by atoms with Crippen molar-refractivity contribution in [1.29, 1.82) is 0 Å². The Bertz CT molecular complexity index is 628. The lowest BCUT2D eigenvalue weighted by Crippen LogP contribution is -2.45. The van der Waals surface area contributed by atoms with Crippen molar-refractivity contribution in [3.8, 4) is 0 Å². The van der Waals surface area contributed by atoms with Crippen molar-refractivity contribution in [1.82, 2.24) is 14.9 Å². The van der Waals surface area contributed by atoms with Gasteiger partial charge in [-0.05, 0) is 12.1 Å². The number of fused-ring (bicyclic) bond motifs is 1. The number of para-hydroxylation sites is 1. The fourth-order valence-electron chi connectivity index (χ4n) is 2.35. The van der Waals surface area contributed by atoms with Gasteiger partial charge in [-0.3, -0.25) is 9.36 Å². The molecule has 0 radical (unpaired) electrons. The van der Waals surface area contributed by atoms with Crippen molar-refractivity contribution < 1.29 is 0 Å². The molecule has 1 fully saturated rings. The van der Waals surface area contributed by atoms with E-state index in [0.717, 1.165) is 37.6 Å². The van der Waals surface area contributed by atoms with Gasteiger partial charge >= 0.3 is 0 Å². The molecule has 0 spiro atoms. The summed E-state index contributed by atoms with van der Waals surface area (Å²) in [7, 11) is 1.79. The third kappa shape index (κ3) is 1.76. The van der Waals surface area contributed by atoms with Crippen LogP contribution in [-0.4, -0.2) is 35.7 Å². The molecule has 0 atom stereocenters. The standard InChI is InChI=1S/C13H16N4O/c1-16-12(18)10-4-2-3-5-11(10)15-13(16)17-8-6-14-7-9-17/h2-5,14H,6-9H2,1H3. The lowest BCUT2D eigenvalue weighted by atomic mass is 10.2. The molecule has 18 heavy (non-hydrogen) atoms. The second-order valence-electron chi connectivity index (χ2n) is 4.53. The summed E-state index contributed by atoms with van der Waals surface area (Å²) in [4.78, 5) is 19.0. The van der Waals surface area contributed by atoms with Gasteiger partial charge in [-0.25, -0.2) is 4.98 Å². The maximum absolute atomic E-state index is 12.3. The maximum Gasteiger partial charge on any atom is 0.262 e. The van der Waals surface area contributed by atoms with Gasteiger partial charge in [0, 0.05) is 33.2 Å². The van der Waals surface area contributed by atoms with Crippen LogP contribution in [0.3, 0.4) is 0 Å². The largest absolute Gasteiger partial charge is 0.340 e. The first kappa shape index (κ1) is 11.2. The highest BCUT2D eigenvalue weighted by molar-refractivity contribution is 5.78. The minimum Gasteiger partial charge on any atom is -0.340 e. The number of anilines is 1. The Balaban J connectivity index is 2.17. The monoisotopic (exact) mass is 244 g/mol. The number of hydrogen-bond donors (Lipinski definition) is 1. The third-order valence-electron chi connectivity index (χ3n) is 3.36. The van der Waals surface area contributed by atoms with Crippen LogP contribution in [0, 0.1) is 0 Å². The highest BCUT2D eigenvalue weighted by atomic mass is 16.1. The topological polar surface area (TPSA) is 50.2 Å². The van der Waals surface area contributed by atoms with Crippen LogP contribution in [0.1, 0.15) is 0 Å². The van der Waals surface area contributed by atoms with Gasteiger partial charge in [-0.1, -0.05) is 12.1 Å². The molecule has 0 unspecified atom stereocenters. The van der Waals surface area contributed by atoms with Crippen LogP contribution in [0.4, 0.5) is 5.95 Å². The first-order valence-corrected chi connectivity index (χ1v) is 6.19. The molecule has 1 N–H and O–H groups in total. The van der Waals surface area contributed by atoms with E-state index in [1.54, 1.807) is 11.6 Å². The van der Waals surface area contributed by atoms with E-state index < -0.39 is 0 Å². The summed E-state index contributed by atoms with van der Waals surface area (Å²) in [5, 5.41) is 3.98. The highest BCUT2D eigenvalue weighted by Crippen LogP contribution is 2.14. The van der Waals surface area contributed by atoms with Gasteiger partial charge in [0.1, 0.15) is 0 Å². The second-order valence-corrected chi connectivity index (χ2v) is 4.53. The number of rotatable bonds is 1. The van der Waals surface area contributed by atoms with Gasteiger partial charge in [-0.2, -0.15) is 0 Å². The van der Waals surface area contributed by atoms with Crippen LogP contribution in [-0.2, 0) is 7.05 Å². The SMILES string of the molecule is Cn1c(N2CCNCC2)nc2ccccc2c1=O. The van der Waals surface area contributed by atoms with E-state index in [2.05, 4.69) is 15.2 Å². The zero-order valence-corrected chi connectivity index (χ0v) is 10.4. The highest BCUT2D eigenvalue weighted by Gasteiger charge is 2.16. The number of piperazine rings is 1. The van der Waals surface area contributed by atoms with Crippen molar-refractivity contribution in [3.63, 3.8) is 0 Å². The number of nitrogens with zero attached hydrogens (tertiary/aromatic N) is 3. The predicted molar refractivity (Wildman–Crippen MR) is 72.1 cm³/mol. The number of benzene rings is 1. The summed E-state index contributed by atoms with van der Waals surface area (Å²) in [6.07, 6.45) is 0. The van der Waals surface area contributed by atoms with Gasteiger partial charge in [0.2, 0.25) is 5.95 Å². The summed E-state index contributed by atoms with van der Waals surface area (Å²) in [5.41, 5.74) is 0.795. The Hall–Kier alpha value is -1.88. The molecule has 2 aromatic rings. The fourth-order valence-corrected chi connectivity index (χ4v) is 2.35. The second kappa shape index (κ2) is 4.42. The molecule has 5 heteroatoms. The molecule has 1 aromatic carbocycles. The first-order chi connectivity index (χ1) is 8.77. The van der Waals surface area contributed by atoms with Crippen LogP contribution in [0.2, 0.25) is 0 Å². The van der Waals surface area contributed by atoms with Crippen LogP contribution < -0.4 is 15.8 Å². The van der Waals surface area contributed by atoms with E-state index in [1.807, 2.05) is 24.3 Å². The number of nitrogens with one attached hydrogen (secondary N) is 1. The van der Waals surface area contributed by atoms with Crippen LogP contribution in [0.5, 0.6) is 0 Å². The van der Waals surface area contributed by atoms with Crippen molar-refractivity contribution in [2.75, 3.05) is 31.1 Å². The molecule has 1 aromatic heterocycles. The summed E-state index contributed by atoms with van der Waals surface area (Å²) >= 11 is 0. The maximum atomic E-state index is 12.3. The molecular weight excluding hydrogens is 228 g/mol. The quantitative estimate of drug-likeness (QED) is 0.786. The average molecular weight is 244 g/mol. The fraction of sp³-hybridized carbons (Fsp3) is 0.385. The zero-order valence-electron chi connectivity index (χ0n) is 10.4. The van der Waals surface area contributed by atoms with Crippen LogP contribution >= 0.6 is 0 Å². The van der Waals surface area contributed by atoms with Crippen molar-refractivity contribution in [3.05, 3.63) is 34.6 Å². The summed E-state index contributed by atoms with van der Waals surface area (Å²) in [6.45, 7) is 3.64. The Morgan fingerprint density at radius 3 is 2.72 bits per heavy atom. The third-order valence-corrected chi connectivity index (χ3v) is 3.36. The Morgan fingerprint density at radius 1 is 1.22 bits per heavy atom. The molecule has 1 aliphatic heterocycles. The van der Waals surface area contributed by atoms with E-state index >= 15 is 0 Å². The summed E-state index contributed by atoms with van der Waals surface area (Å²) in [6, 6.07) is 7.50. The molecule has 0 saturated carbocycles. The minimum absolute atomic E-state index is 0.0223. The van der Waals surface area contributed by atoms with E-state index in [9.17, 15) is 4.79 Å².